The molecule has 1 aromatic heterocycles. The summed E-state index contributed by atoms with van der Waals surface area (Å²) >= 11 is 6.18. The maximum absolute atomic E-state index is 6.18. The van der Waals surface area contributed by atoms with Gasteiger partial charge < -0.3 is 15.1 Å². The number of benzene rings is 4. The van der Waals surface area contributed by atoms with Crippen LogP contribution in [0.2, 0.25) is 5.02 Å². The number of nitrogens with one attached hydrogen (secondary N) is 1. The van der Waals surface area contributed by atoms with Crippen molar-refractivity contribution in [3.05, 3.63) is 125 Å². The van der Waals surface area contributed by atoms with E-state index in [4.69, 9.17) is 26.7 Å². The van der Waals surface area contributed by atoms with Crippen LogP contribution in [0, 0.1) is 6.92 Å². The van der Waals surface area contributed by atoms with Crippen molar-refractivity contribution >= 4 is 51.8 Å². The predicted molar refractivity (Wildman–Crippen MR) is 169 cm³/mol. The minimum atomic E-state index is -0.176. The van der Waals surface area contributed by atoms with E-state index in [2.05, 4.69) is 78.6 Å². The van der Waals surface area contributed by atoms with Crippen LogP contribution >= 0.6 is 11.6 Å². The summed E-state index contributed by atoms with van der Waals surface area (Å²) in [5.41, 5.74) is 7.97. The first-order valence-electron chi connectivity index (χ1n) is 13.5. The monoisotopic (exact) mass is 557 g/mol. The minimum Gasteiger partial charge on any atom is -0.378 e. The molecule has 202 valence electrons. The molecular formula is C33H28ClN7. The number of aryl methyl sites for hydroxylation is 1. The van der Waals surface area contributed by atoms with Gasteiger partial charge in [0.1, 0.15) is 0 Å². The fourth-order valence-corrected chi connectivity index (χ4v) is 5.61. The Balaban J connectivity index is 1.48. The lowest BCUT2D eigenvalue weighted by Gasteiger charge is -2.40. The van der Waals surface area contributed by atoms with Gasteiger partial charge in [-0.1, -0.05) is 54.1 Å². The summed E-state index contributed by atoms with van der Waals surface area (Å²) in [6.07, 6.45) is 0. The molecular weight excluding hydrogens is 530 g/mol. The highest BCUT2D eigenvalue weighted by atomic mass is 35.5. The lowest BCUT2D eigenvalue weighted by molar-refractivity contribution is 0.815. The third-order valence-corrected chi connectivity index (χ3v) is 7.72. The molecule has 5 aromatic rings. The molecule has 4 aromatic carbocycles. The van der Waals surface area contributed by atoms with Crippen molar-refractivity contribution in [3.63, 3.8) is 0 Å². The molecule has 0 fully saturated rings. The van der Waals surface area contributed by atoms with E-state index in [1.54, 1.807) is 0 Å². The first kappa shape index (κ1) is 25.1. The zero-order valence-corrected chi connectivity index (χ0v) is 23.7. The highest BCUT2D eigenvalue weighted by molar-refractivity contribution is 6.51. The number of hydrogen-bond donors (Lipinski definition) is 1. The van der Waals surface area contributed by atoms with Gasteiger partial charge in [0, 0.05) is 36.1 Å². The lowest BCUT2D eigenvalue weighted by Crippen LogP contribution is -2.46. The molecule has 1 atom stereocenters. The molecule has 0 spiro atoms. The van der Waals surface area contributed by atoms with Crippen LogP contribution < -0.4 is 15.1 Å². The summed E-state index contributed by atoms with van der Waals surface area (Å²) in [5, 5.41) is 9.22. The number of para-hydroxylation sites is 3. The Morgan fingerprint density at radius 2 is 1.51 bits per heavy atom. The van der Waals surface area contributed by atoms with Crippen molar-refractivity contribution in [1.82, 2.24) is 9.78 Å². The van der Waals surface area contributed by atoms with Gasteiger partial charge in [-0.25, -0.2) is 14.7 Å². The highest BCUT2D eigenvalue weighted by Gasteiger charge is 2.41. The third-order valence-electron chi connectivity index (χ3n) is 7.47. The van der Waals surface area contributed by atoms with E-state index in [0.29, 0.717) is 10.9 Å². The van der Waals surface area contributed by atoms with E-state index in [1.165, 1.54) is 0 Å². The Kier molecular flexibility index (Phi) is 6.09. The van der Waals surface area contributed by atoms with Crippen LogP contribution in [0.4, 0.5) is 28.6 Å². The molecule has 41 heavy (non-hydrogen) atoms. The van der Waals surface area contributed by atoms with Crippen molar-refractivity contribution in [3.8, 4) is 5.69 Å². The molecule has 0 saturated heterocycles. The van der Waals surface area contributed by atoms with Crippen molar-refractivity contribution in [2.24, 2.45) is 9.98 Å². The summed E-state index contributed by atoms with van der Waals surface area (Å²) in [5.74, 6) is 2.18. The van der Waals surface area contributed by atoms with E-state index in [9.17, 15) is 0 Å². The standard InChI is InChI=1S/C33H28ClN7/c1-21-29-30(22-13-19-25(20-14-22)39(2)3)40-28-12-8-7-11-27(28)36-31(35-24-17-15-23(34)16-18-24)33(40)37-32(29)41(38-21)26-9-5-4-6-10-26/h4-20,30H,1-3H3,(H,35,36)/t30-/m1/s1. The SMILES string of the molecule is Cc1nn(-c2ccccc2)c2c1[C@@H](c1ccc(N(C)C)cc1)N1C(=N2)C(Nc2ccc(Cl)cc2)=Nc2ccccc21. The average Bonchev–Trinajstić information content (AvgIpc) is 3.33. The largest absolute Gasteiger partial charge is 0.378 e. The van der Waals surface area contributed by atoms with Gasteiger partial charge in [-0.05, 0) is 73.2 Å². The van der Waals surface area contributed by atoms with Crippen molar-refractivity contribution in [1.29, 1.82) is 0 Å². The number of nitrogens with zero attached hydrogens (tertiary/aromatic N) is 6. The van der Waals surface area contributed by atoms with Gasteiger partial charge in [0.25, 0.3) is 0 Å². The number of rotatable bonds is 4. The minimum absolute atomic E-state index is 0.176. The van der Waals surface area contributed by atoms with E-state index in [-0.39, 0.29) is 6.04 Å². The Hall–Kier alpha value is -4.88. The van der Waals surface area contributed by atoms with Crippen molar-refractivity contribution < 1.29 is 0 Å². The second kappa shape index (κ2) is 9.94. The van der Waals surface area contributed by atoms with Crippen LogP contribution in [0.25, 0.3) is 5.69 Å². The Labute approximate surface area is 244 Å². The van der Waals surface area contributed by atoms with Crippen LogP contribution in [-0.4, -0.2) is 35.5 Å². The summed E-state index contributed by atoms with van der Waals surface area (Å²) in [7, 11) is 4.11. The normalized spacial score (nSPS) is 15.3. The second-order valence-corrected chi connectivity index (χ2v) is 10.8. The Bertz CT molecular complexity index is 1800. The summed E-state index contributed by atoms with van der Waals surface area (Å²) in [6.45, 7) is 2.07. The van der Waals surface area contributed by atoms with Crippen LogP contribution in [0.5, 0.6) is 0 Å². The number of anilines is 3. The fourth-order valence-electron chi connectivity index (χ4n) is 5.49. The molecule has 0 aliphatic carbocycles. The predicted octanol–water partition coefficient (Wildman–Crippen LogP) is 7.70. The summed E-state index contributed by atoms with van der Waals surface area (Å²) < 4.78 is 1.94. The first-order chi connectivity index (χ1) is 20.0. The van der Waals surface area contributed by atoms with Gasteiger partial charge in [-0.2, -0.15) is 5.10 Å². The van der Waals surface area contributed by atoms with E-state index >= 15 is 0 Å². The van der Waals surface area contributed by atoms with Crippen molar-refractivity contribution in [2.75, 3.05) is 29.2 Å². The zero-order chi connectivity index (χ0) is 28.1. The molecule has 3 heterocycles. The number of hydrogen-bond acceptors (Lipinski definition) is 6. The molecule has 7 nitrogen and oxygen atoms in total. The van der Waals surface area contributed by atoms with Gasteiger partial charge in [-0.15, -0.1) is 0 Å². The third kappa shape index (κ3) is 4.35. The summed E-state index contributed by atoms with van der Waals surface area (Å²) in [6, 6.07) is 34.5. The van der Waals surface area contributed by atoms with Crippen LogP contribution in [0.3, 0.4) is 0 Å². The second-order valence-electron chi connectivity index (χ2n) is 10.3. The molecule has 0 saturated carbocycles. The highest BCUT2D eigenvalue weighted by Crippen LogP contribution is 2.48. The lowest BCUT2D eigenvalue weighted by atomic mass is 9.93. The molecule has 0 bridgehead atoms. The van der Waals surface area contributed by atoms with Gasteiger partial charge in [0.05, 0.1) is 28.8 Å². The van der Waals surface area contributed by atoms with Crippen molar-refractivity contribution in [2.45, 2.75) is 13.0 Å². The van der Waals surface area contributed by atoms with Crippen LogP contribution in [-0.2, 0) is 0 Å². The molecule has 0 unspecified atom stereocenters. The van der Waals surface area contributed by atoms with E-state index in [0.717, 1.165) is 56.9 Å². The molecule has 1 N–H and O–H groups in total. The molecule has 7 rings (SSSR count). The van der Waals surface area contributed by atoms with E-state index in [1.807, 2.05) is 65.3 Å². The molecule has 0 amide bonds. The van der Waals surface area contributed by atoms with Crippen LogP contribution in [0.15, 0.2) is 113 Å². The van der Waals surface area contributed by atoms with Gasteiger partial charge in [-0.3, -0.25) is 0 Å². The number of halogens is 1. The Morgan fingerprint density at radius 1 is 0.805 bits per heavy atom. The van der Waals surface area contributed by atoms with Gasteiger partial charge in [0.15, 0.2) is 17.5 Å². The zero-order valence-electron chi connectivity index (χ0n) is 23.0. The number of aliphatic imine (C=N–C) groups is 2. The number of fused-ring (bicyclic) bond motifs is 4. The maximum atomic E-state index is 6.18. The molecule has 2 aliphatic rings. The Morgan fingerprint density at radius 3 is 2.24 bits per heavy atom. The molecule has 2 aliphatic heterocycles. The topological polar surface area (TPSA) is 61.1 Å². The fraction of sp³-hybridized carbons (Fsp3) is 0.121. The molecule has 8 heteroatoms. The first-order valence-corrected chi connectivity index (χ1v) is 13.9. The smallest absolute Gasteiger partial charge is 0.179 e. The van der Waals surface area contributed by atoms with E-state index < -0.39 is 0 Å². The van der Waals surface area contributed by atoms with Gasteiger partial charge >= 0.3 is 0 Å². The van der Waals surface area contributed by atoms with Gasteiger partial charge in [0.2, 0.25) is 0 Å². The van der Waals surface area contributed by atoms with Crippen LogP contribution in [0.1, 0.15) is 22.9 Å². The maximum Gasteiger partial charge on any atom is 0.179 e. The number of aromatic nitrogens is 2. The summed E-state index contributed by atoms with van der Waals surface area (Å²) in [4.78, 5) is 14.8. The quantitative estimate of drug-likeness (QED) is 0.246. The molecule has 0 radical (unpaired) electrons. The average molecular weight is 558 g/mol. The number of amidine groups is 2.